The fourth-order valence-corrected chi connectivity index (χ4v) is 5.43. The van der Waals surface area contributed by atoms with Crippen LogP contribution in [0.3, 0.4) is 0 Å². The van der Waals surface area contributed by atoms with Gasteiger partial charge in [0.25, 0.3) is 0 Å². The summed E-state index contributed by atoms with van der Waals surface area (Å²) in [7, 11) is 0. The van der Waals surface area contributed by atoms with Gasteiger partial charge in [-0.05, 0) is 49.6 Å². The molecule has 0 N–H and O–H groups in total. The van der Waals surface area contributed by atoms with E-state index in [0.717, 1.165) is 61.8 Å². The Labute approximate surface area is 216 Å². The summed E-state index contributed by atoms with van der Waals surface area (Å²) in [6, 6.07) is 18.0. The van der Waals surface area contributed by atoms with Crippen LogP contribution in [0.25, 0.3) is 11.3 Å². The topological polar surface area (TPSA) is 52.6 Å². The van der Waals surface area contributed by atoms with E-state index in [2.05, 4.69) is 39.1 Å². The molecule has 0 atom stereocenters. The third-order valence-corrected chi connectivity index (χ3v) is 7.91. The smallest absolute Gasteiger partial charge is 0.225 e. The third kappa shape index (κ3) is 5.09. The lowest BCUT2D eigenvalue weighted by atomic mass is 9.95. The highest BCUT2D eigenvalue weighted by Crippen LogP contribution is 2.33. The van der Waals surface area contributed by atoms with Crippen molar-refractivity contribution in [2.24, 2.45) is 5.92 Å². The van der Waals surface area contributed by atoms with E-state index in [-0.39, 0.29) is 11.8 Å². The van der Waals surface area contributed by atoms with Crippen LogP contribution in [0.2, 0.25) is 10.0 Å². The zero-order valence-electron chi connectivity index (χ0n) is 19.8. The molecule has 0 spiro atoms. The lowest BCUT2D eigenvalue weighted by Gasteiger charge is -2.39. The van der Waals surface area contributed by atoms with Crippen molar-refractivity contribution < 1.29 is 4.79 Å². The van der Waals surface area contributed by atoms with Crippen molar-refractivity contribution in [2.45, 2.75) is 19.8 Å². The normalized spacial score (nSPS) is 17.1. The molecule has 3 heterocycles. The molecule has 0 bridgehead atoms. The van der Waals surface area contributed by atoms with Crippen LogP contribution in [0, 0.1) is 12.8 Å². The number of hydrogen-bond donors (Lipinski definition) is 0. The molecule has 0 unspecified atom stereocenters. The molecule has 0 radical (unpaired) electrons. The van der Waals surface area contributed by atoms with Crippen molar-refractivity contribution in [1.82, 2.24) is 15.1 Å². The number of rotatable bonds is 4. The largest absolute Gasteiger partial charge is 0.367 e. The summed E-state index contributed by atoms with van der Waals surface area (Å²) >= 11 is 12.6. The summed E-state index contributed by atoms with van der Waals surface area (Å²) in [6.07, 6.45) is 1.67. The molecule has 1 aromatic heterocycles. The van der Waals surface area contributed by atoms with Crippen molar-refractivity contribution in [3.63, 3.8) is 0 Å². The molecule has 2 aliphatic heterocycles. The van der Waals surface area contributed by atoms with Gasteiger partial charge in [0, 0.05) is 50.7 Å². The first-order valence-electron chi connectivity index (χ1n) is 12.1. The van der Waals surface area contributed by atoms with E-state index in [4.69, 9.17) is 23.2 Å². The quantitative estimate of drug-likeness (QED) is 0.476. The molecule has 6 nitrogen and oxygen atoms in total. The van der Waals surface area contributed by atoms with E-state index in [9.17, 15) is 4.79 Å². The van der Waals surface area contributed by atoms with Gasteiger partial charge in [-0.2, -0.15) is 0 Å². The van der Waals surface area contributed by atoms with Crippen LogP contribution in [-0.2, 0) is 4.79 Å². The Hall–Kier alpha value is -2.83. The number of piperidine rings is 1. The van der Waals surface area contributed by atoms with Crippen LogP contribution < -0.4 is 9.80 Å². The Balaban J connectivity index is 1.14. The maximum atomic E-state index is 13.2. The summed E-state index contributed by atoms with van der Waals surface area (Å²) in [6.45, 7) is 6.63. The van der Waals surface area contributed by atoms with Crippen molar-refractivity contribution in [3.05, 3.63) is 70.2 Å². The molecular weight excluding hydrogens is 481 g/mol. The SMILES string of the molecule is Cc1ccccc1-c1ccc(N2CCC(C(=O)N3CCN(c4cccc(Cl)c4Cl)CC3)CC2)nn1. The Morgan fingerprint density at radius 2 is 1.57 bits per heavy atom. The van der Waals surface area contributed by atoms with Gasteiger partial charge in [-0.25, -0.2) is 0 Å². The minimum Gasteiger partial charge on any atom is -0.367 e. The van der Waals surface area contributed by atoms with E-state index in [1.165, 1.54) is 5.56 Å². The molecule has 35 heavy (non-hydrogen) atoms. The van der Waals surface area contributed by atoms with E-state index in [0.29, 0.717) is 23.1 Å². The Morgan fingerprint density at radius 3 is 2.26 bits per heavy atom. The number of carbonyl (C=O) groups excluding carboxylic acids is 1. The predicted molar refractivity (Wildman–Crippen MR) is 142 cm³/mol. The highest BCUT2D eigenvalue weighted by atomic mass is 35.5. The first kappa shape index (κ1) is 23.9. The average molecular weight is 510 g/mol. The monoisotopic (exact) mass is 509 g/mol. The number of nitrogens with zero attached hydrogens (tertiary/aromatic N) is 5. The highest BCUT2D eigenvalue weighted by molar-refractivity contribution is 6.43. The third-order valence-electron chi connectivity index (χ3n) is 7.10. The van der Waals surface area contributed by atoms with Crippen LogP contribution in [-0.4, -0.2) is 60.3 Å². The number of amides is 1. The van der Waals surface area contributed by atoms with Crippen LogP contribution in [0.5, 0.6) is 0 Å². The van der Waals surface area contributed by atoms with Gasteiger partial charge in [0.2, 0.25) is 5.91 Å². The average Bonchev–Trinajstić information content (AvgIpc) is 2.90. The fourth-order valence-electron chi connectivity index (χ4n) is 5.02. The molecule has 2 aromatic carbocycles. The molecule has 2 saturated heterocycles. The highest BCUT2D eigenvalue weighted by Gasteiger charge is 2.31. The standard InChI is InChI=1S/C27H29Cl2N5O/c1-19-5-2-3-6-21(19)23-9-10-25(31-30-23)33-13-11-20(12-14-33)27(35)34-17-15-32(16-18-34)24-8-4-7-22(28)26(24)29/h2-10,20H,11-18H2,1H3. The molecule has 8 heteroatoms. The van der Waals surface area contributed by atoms with Gasteiger partial charge in [0.05, 0.1) is 21.4 Å². The summed E-state index contributed by atoms with van der Waals surface area (Å²) in [5, 5.41) is 10.1. The summed E-state index contributed by atoms with van der Waals surface area (Å²) in [4.78, 5) is 19.7. The van der Waals surface area contributed by atoms with E-state index >= 15 is 0 Å². The van der Waals surface area contributed by atoms with Gasteiger partial charge in [-0.3, -0.25) is 4.79 Å². The zero-order valence-corrected chi connectivity index (χ0v) is 21.3. The number of anilines is 2. The first-order chi connectivity index (χ1) is 17.0. The minimum atomic E-state index is 0.0618. The lowest BCUT2D eigenvalue weighted by Crippen LogP contribution is -2.51. The summed E-state index contributed by atoms with van der Waals surface area (Å²) < 4.78 is 0. The van der Waals surface area contributed by atoms with Crippen LogP contribution in [0.4, 0.5) is 11.5 Å². The maximum Gasteiger partial charge on any atom is 0.225 e. The van der Waals surface area contributed by atoms with Crippen LogP contribution in [0.1, 0.15) is 18.4 Å². The number of aromatic nitrogens is 2. The lowest BCUT2D eigenvalue weighted by molar-refractivity contribution is -0.136. The van der Waals surface area contributed by atoms with Crippen molar-refractivity contribution in [1.29, 1.82) is 0 Å². The Morgan fingerprint density at radius 1 is 0.829 bits per heavy atom. The number of hydrogen-bond acceptors (Lipinski definition) is 5. The molecule has 2 fully saturated rings. The van der Waals surface area contributed by atoms with Gasteiger partial charge in [-0.15, -0.1) is 10.2 Å². The summed E-state index contributed by atoms with van der Waals surface area (Å²) in [5.41, 5.74) is 4.11. The second-order valence-electron chi connectivity index (χ2n) is 9.24. The molecule has 0 aliphatic carbocycles. The predicted octanol–water partition coefficient (Wildman–Crippen LogP) is 5.32. The fraction of sp³-hybridized carbons (Fsp3) is 0.370. The molecule has 182 valence electrons. The number of halogens is 2. The van der Waals surface area contributed by atoms with Gasteiger partial charge in [0.1, 0.15) is 0 Å². The molecule has 5 rings (SSSR count). The number of benzene rings is 2. The van der Waals surface area contributed by atoms with Gasteiger partial charge < -0.3 is 14.7 Å². The minimum absolute atomic E-state index is 0.0618. The number of piperazine rings is 1. The van der Waals surface area contributed by atoms with Crippen molar-refractivity contribution in [2.75, 3.05) is 49.1 Å². The van der Waals surface area contributed by atoms with Gasteiger partial charge >= 0.3 is 0 Å². The van der Waals surface area contributed by atoms with E-state index in [1.807, 2.05) is 41.3 Å². The van der Waals surface area contributed by atoms with E-state index < -0.39 is 0 Å². The molecule has 2 aliphatic rings. The molecular formula is C27H29Cl2N5O. The second-order valence-corrected chi connectivity index (χ2v) is 10.0. The number of carbonyl (C=O) groups is 1. The zero-order chi connectivity index (χ0) is 24.4. The number of aryl methyl sites for hydroxylation is 1. The first-order valence-corrected chi connectivity index (χ1v) is 12.9. The van der Waals surface area contributed by atoms with E-state index in [1.54, 1.807) is 6.07 Å². The van der Waals surface area contributed by atoms with Crippen LogP contribution in [0.15, 0.2) is 54.6 Å². The van der Waals surface area contributed by atoms with Gasteiger partial charge in [-0.1, -0.05) is 53.5 Å². The second kappa shape index (κ2) is 10.4. The molecule has 3 aromatic rings. The summed E-state index contributed by atoms with van der Waals surface area (Å²) in [5.74, 6) is 1.20. The molecule has 1 amide bonds. The van der Waals surface area contributed by atoms with Gasteiger partial charge in [0.15, 0.2) is 5.82 Å². The maximum absolute atomic E-state index is 13.2. The van der Waals surface area contributed by atoms with Crippen molar-refractivity contribution >= 4 is 40.6 Å². The Bertz CT molecular complexity index is 1190. The van der Waals surface area contributed by atoms with Crippen LogP contribution >= 0.6 is 23.2 Å². The molecule has 0 saturated carbocycles. The Kier molecular flexibility index (Phi) is 7.12. The van der Waals surface area contributed by atoms with Crippen molar-refractivity contribution in [3.8, 4) is 11.3 Å².